The van der Waals surface area contributed by atoms with Crippen LogP contribution in [-0.2, 0) is 22.7 Å². The minimum absolute atomic E-state index is 0.0716. The van der Waals surface area contributed by atoms with Gasteiger partial charge in [0.2, 0.25) is 0 Å². The zero-order valence-electron chi connectivity index (χ0n) is 6.58. The predicted octanol–water partition coefficient (Wildman–Crippen LogP) is 0.0324. The summed E-state index contributed by atoms with van der Waals surface area (Å²) in [6, 6.07) is 5.05. The Morgan fingerprint density at radius 2 is 1.14 bits per heavy atom. The topological polar surface area (TPSA) is 98.7 Å². The quantitative estimate of drug-likeness (QED) is 0.684. The lowest BCUT2D eigenvalue weighted by Gasteiger charge is -2.09. The molecule has 0 bridgehead atoms. The fourth-order valence-electron chi connectivity index (χ4n) is 0.708. The molecule has 0 radical (unpaired) electrons. The molecule has 0 saturated heterocycles. The van der Waals surface area contributed by atoms with Crippen LogP contribution >= 0.6 is 0 Å². The zero-order valence-corrected chi connectivity index (χ0v) is 8.21. The van der Waals surface area contributed by atoms with Gasteiger partial charge in [-0.25, -0.2) is 8.42 Å². The number of benzene rings is 1. The molecule has 1 rings (SSSR count). The summed E-state index contributed by atoms with van der Waals surface area (Å²) >= 11 is -5.29. The highest BCUT2D eigenvalue weighted by Gasteiger charge is 1.96. The van der Waals surface area contributed by atoms with Crippen LogP contribution in [0.15, 0.2) is 24.3 Å². The Kier molecular flexibility index (Phi) is 4.01. The summed E-state index contributed by atoms with van der Waals surface area (Å²) in [6.45, 7) is 0. The van der Waals surface area contributed by atoms with Crippen molar-refractivity contribution < 1.29 is 25.9 Å². The molecule has 2 atom stereocenters. The highest BCUT2D eigenvalue weighted by molar-refractivity contribution is 7.74. The Hall–Kier alpha value is -0.960. The van der Waals surface area contributed by atoms with E-state index in [0.717, 1.165) is 0 Å². The molecule has 0 aliphatic heterocycles. The van der Waals surface area contributed by atoms with Crippen molar-refractivity contribution in [3.63, 3.8) is 0 Å². The van der Waals surface area contributed by atoms with Crippen LogP contribution in [0.1, 0.15) is 0 Å². The first kappa shape index (κ1) is 11.1. The van der Waals surface area contributed by atoms with E-state index in [-0.39, 0.29) is 11.5 Å². The predicted molar refractivity (Wildman–Crippen MR) is 45.5 cm³/mol. The van der Waals surface area contributed by atoms with Gasteiger partial charge in [0.1, 0.15) is 34.2 Å². The number of hydrogen-bond donors (Lipinski definition) is 0. The fraction of sp³-hybridized carbons (Fsp3) is 0. The summed E-state index contributed by atoms with van der Waals surface area (Å²) in [5.41, 5.74) is 0. The third-order valence-corrected chi connectivity index (χ3v) is 1.81. The third kappa shape index (κ3) is 3.83. The summed E-state index contributed by atoms with van der Waals surface area (Å²) < 4.78 is 48.9. The van der Waals surface area contributed by atoms with Gasteiger partial charge < -0.3 is 17.5 Å². The molecular weight excluding hydrogens is 232 g/mol. The van der Waals surface area contributed by atoms with E-state index in [1.807, 2.05) is 0 Å². The molecule has 6 nitrogen and oxygen atoms in total. The van der Waals surface area contributed by atoms with Gasteiger partial charge in [-0.2, -0.15) is 0 Å². The van der Waals surface area contributed by atoms with Crippen molar-refractivity contribution in [1.82, 2.24) is 0 Å². The Bertz CT molecular complexity index is 313. The Morgan fingerprint density at radius 3 is 1.36 bits per heavy atom. The molecule has 0 spiro atoms. The zero-order chi connectivity index (χ0) is 10.6. The summed E-state index contributed by atoms with van der Waals surface area (Å²) in [7, 11) is 0. The lowest BCUT2D eigenvalue weighted by Crippen LogP contribution is -1.99. The molecule has 0 N–H and O–H groups in total. The average Bonchev–Trinajstić information content (AvgIpc) is 2.06. The standard InChI is InChI=1S/C6H6O6S2/c7-13(8)11-5-1-2-6(4-3-5)12-14(9)10/h1-4H,(H,7,8)(H,9,10)/p-2. The monoisotopic (exact) mass is 236 g/mol. The van der Waals surface area contributed by atoms with Crippen molar-refractivity contribution in [3.8, 4) is 11.5 Å². The second kappa shape index (κ2) is 5.05. The molecule has 78 valence electrons. The summed E-state index contributed by atoms with van der Waals surface area (Å²) in [6.07, 6.45) is 0. The smallest absolute Gasteiger partial charge is 0.139 e. The second-order valence-electron chi connectivity index (χ2n) is 2.05. The van der Waals surface area contributed by atoms with E-state index in [0.29, 0.717) is 0 Å². The van der Waals surface area contributed by atoms with E-state index in [1.54, 1.807) is 0 Å². The van der Waals surface area contributed by atoms with Crippen LogP contribution in [0.4, 0.5) is 0 Å². The maximum absolute atomic E-state index is 10.1. The minimum Gasteiger partial charge on any atom is -0.740 e. The van der Waals surface area contributed by atoms with E-state index in [2.05, 4.69) is 8.37 Å². The van der Waals surface area contributed by atoms with Gasteiger partial charge in [0, 0.05) is 0 Å². The molecular formula is C6H4O6S2-2. The van der Waals surface area contributed by atoms with Crippen LogP contribution in [0.25, 0.3) is 0 Å². The summed E-state index contributed by atoms with van der Waals surface area (Å²) in [4.78, 5) is 0. The van der Waals surface area contributed by atoms with Gasteiger partial charge in [-0.15, -0.1) is 0 Å². The molecule has 0 heterocycles. The van der Waals surface area contributed by atoms with Gasteiger partial charge in [-0.3, -0.25) is 0 Å². The molecule has 0 fully saturated rings. The minimum atomic E-state index is -2.65. The van der Waals surface area contributed by atoms with Crippen molar-refractivity contribution in [3.05, 3.63) is 24.3 Å². The van der Waals surface area contributed by atoms with Crippen LogP contribution in [-0.4, -0.2) is 17.5 Å². The number of hydrogen-bond acceptors (Lipinski definition) is 6. The van der Waals surface area contributed by atoms with Gasteiger partial charge in [0.05, 0.1) is 0 Å². The van der Waals surface area contributed by atoms with Crippen LogP contribution in [0.2, 0.25) is 0 Å². The largest absolute Gasteiger partial charge is 0.740 e. The van der Waals surface area contributed by atoms with Crippen LogP contribution in [0, 0.1) is 0 Å². The fourth-order valence-corrected chi connectivity index (χ4v) is 1.24. The Balaban J connectivity index is 2.68. The van der Waals surface area contributed by atoms with E-state index in [1.165, 1.54) is 24.3 Å². The van der Waals surface area contributed by atoms with Crippen LogP contribution in [0.5, 0.6) is 11.5 Å². The van der Waals surface area contributed by atoms with E-state index in [9.17, 15) is 17.5 Å². The molecule has 1 aromatic carbocycles. The van der Waals surface area contributed by atoms with E-state index < -0.39 is 22.7 Å². The molecule has 0 amide bonds. The highest BCUT2D eigenvalue weighted by Crippen LogP contribution is 2.18. The van der Waals surface area contributed by atoms with Gasteiger partial charge in [0.25, 0.3) is 0 Å². The Labute approximate surface area is 84.8 Å². The lowest BCUT2D eigenvalue weighted by molar-refractivity contribution is 0.434. The molecule has 1 aromatic rings. The molecule has 0 aliphatic carbocycles. The van der Waals surface area contributed by atoms with Gasteiger partial charge in [-0.05, 0) is 24.3 Å². The molecule has 0 aliphatic rings. The first-order chi connectivity index (χ1) is 6.58. The third-order valence-electron chi connectivity index (χ3n) is 1.15. The van der Waals surface area contributed by atoms with Crippen molar-refractivity contribution >= 4 is 22.7 Å². The molecule has 0 saturated carbocycles. The second-order valence-corrected chi connectivity index (χ2v) is 3.20. The maximum Gasteiger partial charge on any atom is 0.139 e. The summed E-state index contributed by atoms with van der Waals surface area (Å²) in [5.74, 6) is 0.143. The summed E-state index contributed by atoms with van der Waals surface area (Å²) in [5, 5.41) is 0. The highest BCUT2D eigenvalue weighted by atomic mass is 32.2. The molecule has 0 aromatic heterocycles. The first-order valence-electron chi connectivity index (χ1n) is 3.23. The van der Waals surface area contributed by atoms with Crippen molar-refractivity contribution in [2.24, 2.45) is 0 Å². The van der Waals surface area contributed by atoms with Gasteiger partial charge in [0.15, 0.2) is 0 Å². The lowest BCUT2D eigenvalue weighted by atomic mass is 10.3. The van der Waals surface area contributed by atoms with Crippen molar-refractivity contribution in [1.29, 1.82) is 0 Å². The van der Waals surface area contributed by atoms with Gasteiger partial charge in [-0.1, -0.05) is 0 Å². The van der Waals surface area contributed by atoms with Crippen molar-refractivity contribution in [2.45, 2.75) is 0 Å². The average molecular weight is 236 g/mol. The van der Waals surface area contributed by atoms with Crippen LogP contribution in [0.3, 0.4) is 0 Å². The Morgan fingerprint density at radius 1 is 0.857 bits per heavy atom. The van der Waals surface area contributed by atoms with E-state index in [4.69, 9.17) is 0 Å². The SMILES string of the molecule is O=S([O-])Oc1ccc(OS(=O)[O-])cc1. The number of rotatable bonds is 4. The molecule has 14 heavy (non-hydrogen) atoms. The molecule has 8 heteroatoms. The first-order valence-corrected chi connectivity index (χ1v) is 5.23. The van der Waals surface area contributed by atoms with E-state index >= 15 is 0 Å². The normalized spacial score (nSPS) is 14.4. The maximum atomic E-state index is 10.1. The molecule has 2 unspecified atom stereocenters. The van der Waals surface area contributed by atoms with Crippen LogP contribution < -0.4 is 8.37 Å². The van der Waals surface area contributed by atoms with Gasteiger partial charge >= 0.3 is 0 Å². The van der Waals surface area contributed by atoms with Crippen molar-refractivity contribution in [2.75, 3.05) is 0 Å².